The number of hydrogen-bond donors (Lipinski definition) is 0. The number of hydrogen-bond acceptors (Lipinski definition) is 3. The Bertz CT molecular complexity index is 606. The third-order valence-electron chi connectivity index (χ3n) is 3.69. The minimum Gasteiger partial charge on any atom is -0.481 e. The molecule has 1 saturated carbocycles. The second-order valence-electron chi connectivity index (χ2n) is 5.44. The molecule has 3 rings (SSSR count). The highest BCUT2D eigenvalue weighted by atomic mass is 35.5. The van der Waals surface area contributed by atoms with Crippen molar-refractivity contribution in [3.8, 4) is 5.88 Å². The van der Waals surface area contributed by atoms with Crippen molar-refractivity contribution in [3.05, 3.63) is 18.0 Å². The quantitative estimate of drug-likeness (QED) is 0.801. The predicted molar refractivity (Wildman–Crippen MR) is 71.1 cm³/mol. The normalized spacial score (nSPS) is 21.2. The first-order valence-electron chi connectivity index (χ1n) is 6.04. The van der Waals surface area contributed by atoms with E-state index in [-0.39, 0.29) is 0 Å². The zero-order valence-corrected chi connectivity index (χ0v) is 11.5. The molecule has 1 aliphatic carbocycles. The Morgan fingerprint density at radius 1 is 1.44 bits per heavy atom. The van der Waals surface area contributed by atoms with Crippen LogP contribution in [0.3, 0.4) is 0 Å². The highest BCUT2D eigenvalue weighted by molar-refractivity contribution is 6.16. The molecule has 0 N–H and O–H groups in total. The Kier molecular flexibility index (Phi) is 2.52. The van der Waals surface area contributed by atoms with Crippen molar-refractivity contribution in [2.24, 2.45) is 5.41 Å². The molecule has 0 aromatic carbocycles. The lowest BCUT2D eigenvalue weighted by molar-refractivity contribution is 0.398. The maximum Gasteiger partial charge on any atom is 0.215 e. The van der Waals surface area contributed by atoms with Crippen LogP contribution in [0.25, 0.3) is 11.2 Å². The van der Waals surface area contributed by atoms with Gasteiger partial charge < -0.3 is 9.30 Å². The van der Waals surface area contributed by atoms with Crippen LogP contribution in [0.15, 0.2) is 12.1 Å². The summed E-state index contributed by atoms with van der Waals surface area (Å²) in [5.74, 6) is 1.91. The molecular formula is C13H16ClN3O. The van der Waals surface area contributed by atoms with Crippen LogP contribution in [-0.4, -0.2) is 21.6 Å². The number of pyridine rings is 1. The van der Waals surface area contributed by atoms with Gasteiger partial charge in [-0.2, -0.15) is 4.98 Å². The molecule has 96 valence electrons. The van der Waals surface area contributed by atoms with E-state index in [0.717, 1.165) is 23.4 Å². The van der Waals surface area contributed by atoms with E-state index in [2.05, 4.69) is 28.4 Å². The van der Waals surface area contributed by atoms with E-state index in [1.807, 2.05) is 12.1 Å². The van der Waals surface area contributed by atoms with Gasteiger partial charge in [-0.05, 0) is 17.9 Å². The summed E-state index contributed by atoms with van der Waals surface area (Å²) in [5, 5.41) is 0. The van der Waals surface area contributed by atoms with E-state index in [9.17, 15) is 0 Å². The van der Waals surface area contributed by atoms with Crippen LogP contribution < -0.4 is 4.74 Å². The second kappa shape index (κ2) is 3.85. The van der Waals surface area contributed by atoms with Gasteiger partial charge in [0.2, 0.25) is 5.88 Å². The van der Waals surface area contributed by atoms with E-state index in [0.29, 0.717) is 23.2 Å². The molecule has 0 radical (unpaired) electrons. The van der Waals surface area contributed by atoms with Crippen LogP contribution in [-0.2, 0) is 5.88 Å². The Morgan fingerprint density at radius 3 is 2.72 bits per heavy atom. The molecule has 18 heavy (non-hydrogen) atoms. The van der Waals surface area contributed by atoms with Crippen LogP contribution in [0.2, 0.25) is 0 Å². The first kappa shape index (κ1) is 11.8. The maximum absolute atomic E-state index is 6.00. The summed E-state index contributed by atoms with van der Waals surface area (Å²) in [5.41, 5.74) is 2.06. The summed E-state index contributed by atoms with van der Waals surface area (Å²) in [7, 11) is 1.62. The summed E-state index contributed by atoms with van der Waals surface area (Å²) in [6.07, 6.45) is 1.14. The fourth-order valence-corrected chi connectivity index (χ4v) is 2.61. The van der Waals surface area contributed by atoms with Gasteiger partial charge in [0.1, 0.15) is 11.3 Å². The Labute approximate surface area is 111 Å². The summed E-state index contributed by atoms with van der Waals surface area (Å²) in [6.45, 7) is 4.50. The van der Waals surface area contributed by atoms with Crippen molar-refractivity contribution in [2.75, 3.05) is 7.11 Å². The van der Waals surface area contributed by atoms with Crippen LogP contribution in [0.1, 0.15) is 32.1 Å². The molecule has 1 fully saturated rings. The summed E-state index contributed by atoms with van der Waals surface area (Å²) in [6, 6.07) is 4.20. The highest BCUT2D eigenvalue weighted by Crippen LogP contribution is 2.56. The zero-order chi connectivity index (χ0) is 12.9. The number of aromatic nitrogens is 3. The first-order chi connectivity index (χ1) is 8.56. The highest BCUT2D eigenvalue weighted by Gasteiger charge is 2.48. The van der Waals surface area contributed by atoms with Crippen molar-refractivity contribution >= 4 is 22.8 Å². The summed E-state index contributed by atoms with van der Waals surface area (Å²) < 4.78 is 7.36. The lowest BCUT2D eigenvalue weighted by Gasteiger charge is -2.09. The van der Waals surface area contributed by atoms with Gasteiger partial charge in [-0.1, -0.05) is 13.8 Å². The van der Waals surface area contributed by atoms with Gasteiger partial charge in [-0.3, -0.25) is 0 Å². The molecule has 0 spiro atoms. The standard InChI is InChI=1S/C13H16ClN3O/c1-13(2)6-9(13)17-10(7-14)15-8-4-5-11(18-3)16-12(8)17/h4-5,9H,6-7H2,1-3H3. The lowest BCUT2D eigenvalue weighted by atomic mass is 10.2. The van der Waals surface area contributed by atoms with E-state index in [1.165, 1.54) is 0 Å². The fraction of sp³-hybridized carbons (Fsp3) is 0.538. The topological polar surface area (TPSA) is 39.9 Å². The van der Waals surface area contributed by atoms with Crippen LogP contribution in [0.4, 0.5) is 0 Å². The Balaban J connectivity index is 2.20. The number of fused-ring (bicyclic) bond motifs is 1. The number of halogens is 1. The largest absolute Gasteiger partial charge is 0.481 e. The Morgan fingerprint density at radius 2 is 2.17 bits per heavy atom. The minimum absolute atomic E-state index is 0.305. The van der Waals surface area contributed by atoms with Gasteiger partial charge in [0.25, 0.3) is 0 Å². The van der Waals surface area contributed by atoms with Gasteiger partial charge >= 0.3 is 0 Å². The molecule has 0 aliphatic heterocycles. The Hall–Kier alpha value is -1.29. The molecule has 2 aromatic heterocycles. The van der Waals surface area contributed by atoms with Crippen molar-refractivity contribution in [3.63, 3.8) is 0 Å². The molecule has 1 aliphatic rings. The van der Waals surface area contributed by atoms with E-state index >= 15 is 0 Å². The van der Waals surface area contributed by atoms with Gasteiger partial charge in [-0.25, -0.2) is 4.98 Å². The van der Waals surface area contributed by atoms with Crippen molar-refractivity contribution in [1.82, 2.24) is 14.5 Å². The molecule has 0 bridgehead atoms. The number of methoxy groups -OCH3 is 1. The summed E-state index contributed by atoms with van der Waals surface area (Å²) >= 11 is 6.00. The molecule has 2 heterocycles. The van der Waals surface area contributed by atoms with Crippen LogP contribution in [0, 0.1) is 5.41 Å². The van der Waals surface area contributed by atoms with Crippen LogP contribution in [0.5, 0.6) is 5.88 Å². The molecule has 2 aromatic rings. The van der Waals surface area contributed by atoms with E-state index in [1.54, 1.807) is 7.11 Å². The average molecular weight is 266 g/mol. The third kappa shape index (κ3) is 1.67. The number of imidazole rings is 1. The molecule has 5 heteroatoms. The van der Waals surface area contributed by atoms with Crippen molar-refractivity contribution in [1.29, 1.82) is 0 Å². The molecule has 0 amide bonds. The monoisotopic (exact) mass is 265 g/mol. The maximum atomic E-state index is 6.00. The molecule has 4 nitrogen and oxygen atoms in total. The number of nitrogens with zero attached hydrogens (tertiary/aromatic N) is 3. The lowest BCUT2D eigenvalue weighted by Crippen LogP contribution is -2.05. The molecule has 1 atom stereocenters. The van der Waals surface area contributed by atoms with Gasteiger partial charge in [0.15, 0.2) is 5.65 Å². The zero-order valence-electron chi connectivity index (χ0n) is 10.8. The number of rotatable bonds is 3. The van der Waals surface area contributed by atoms with Crippen LogP contribution >= 0.6 is 11.6 Å². The van der Waals surface area contributed by atoms with Gasteiger partial charge in [0, 0.05) is 12.1 Å². The number of alkyl halides is 1. The first-order valence-corrected chi connectivity index (χ1v) is 6.58. The van der Waals surface area contributed by atoms with Crippen molar-refractivity contribution < 1.29 is 4.74 Å². The number of ether oxygens (including phenoxy) is 1. The van der Waals surface area contributed by atoms with E-state index < -0.39 is 0 Å². The molecule has 1 unspecified atom stereocenters. The van der Waals surface area contributed by atoms with Gasteiger partial charge in [-0.15, -0.1) is 11.6 Å². The minimum atomic E-state index is 0.305. The average Bonchev–Trinajstić information content (AvgIpc) is 2.85. The second-order valence-corrected chi connectivity index (χ2v) is 5.70. The third-order valence-corrected chi connectivity index (χ3v) is 3.93. The van der Waals surface area contributed by atoms with Gasteiger partial charge in [0.05, 0.1) is 13.0 Å². The predicted octanol–water partition coefficient (Wildman–Crippen LogP) is 3.15. The fourth-order valence-electron chi connectivity index (χ4n) is 2.42. The smallest absolute Gasteiger partial charge is 0.215 e. The molecular weight excluding hydrogens is 250 g/mol. The van der Waals surface area contributed by atoms with E-state index in [4.69, 9.17) is 16.3 Å². The SMILES string of the molecule is COc1ccc2nc(CCl)n(C3CC3(C)C)c2n1. The van der Waals surface area contributed by atoms with Crippen molar-refractivity contribution in [2.45, 2.75) is 32.2 Å². The molecule has 0 saturated heterocycles. The summed E-state index contributed by atoms with van der Waals surface area (Å²) in [4.78, 5) is 9.06.